The Balaban J connectivity index is 1.71. The van der Waals surface area contributed by atoms with Crippen molar-refractivity contribution in [1.82, 2.24) is 14.6 Å². The first-order valence-electron chi connectivity index (χ1n) is 8.50. The number of ether oxygens (including phenoxy) is 1. The predicted octanol–water partition coefficient (Wildman–Crippen LogP) is 4.03. The van der Waals surface area contributed by atoms with Crippen molar-refractivity contribution >= 4 is 17.2 Å². The average Bonchev–Trinajstić information content (AvgIpc) is 3.11. The van der Waals surface area contributed by atoms with Gasteiger partial charge in [-0.3, -0.25) is 4.79 Å². The first-order valence-corrected chi connectivity index (χ1v) is 8.50. The Bertz CT molecular complexity index is 1120. The minimum Gasteiger partial charge on any atom is -0.497 e. The minimum atomic E-state index is -0.103. The summed E-state index contributed by atoms with van der Waals surface area (Å²) in [6, 6.07) is 15.5. The Hall–Kier alpha value is -3.67. The second kappa shape index (κ2) is 6.92. The van der Waals surface area contributed by atoms with E-state index in [0.29, 0.717) is 0 Å². The van der Waals surface area contributed by atoms with E-state index >= 15 is 0 Å². The van der Waals surface area contributed by atoms with Crippen LogP contribution in [0.15, 0.2) is 67.1 Å². The number of carbonyl (C=O) groups is 1. The van der Waals surface area contributed by atoms with Gasteiger partial charge in [-0.1, -0.05) is 24.3 Å². The number of rotatable bonds is 4. The maximum atomic E-state index is 11.3. The zero-order valence-electron chi connectivity index (χ0n) is 15.0. The highest BCUT2D eigenvalue weighted by Gasteiger charge is 2.10. The van der Waals surface area contributed by atoms with Gasteiger partial charge >= 0.3 is 0 Å². The number of anilines is 1. The van der Waals surface area contributed by atoms with Gasteiger partial charge in [0.1, 0.15) is 5.75 Å². The number of amides is 1. The summed E-state index contributed by atoms with van der Waals surface area (Å²) in [7, 11) is 1.65. The molecule has 2 aromatic carbocycles. The molecule has 0 aliphatic heterocycles. The number of carbonyl (C=O) groups excluding carboxylic acids is 1. The lowest BCUT2D eigenvalue weighted by atomic mass is 10.1. The zero-order chi connectivity index (χ0) is 18.8. The maximum Gasteiger partial charge on any atom is 0.221 e. The topological polar surface area (TPSA) is 68.5 Å². The van der Waals surface area contributed by atoms with Gasteiger partial charge in [-0.25, -0.2) is 9.50 Å². The maximum absolute atomic E-state index is 11.3. The van der Waals surface area contributed by atoms with Crippen LogP contribution in [0.4, 0.5) is 5.69 Å². The number of aromatic nitrogens is 3. The van der Waals surface area contributed by atoms with Crippen molar-refractivity contribution in [2.45, 2.75) is 6.92 Å². The molecule has 1 amide bonds. The van der Waals surface area contributed by atoms with Gasteiger partial charge in [-0.15, -0.1) is 0 Å². The van der Waals surface area contributed by atoms with Crippen LogP contribution < -0.4 is 10.1 Å². The van der Waals surface area contributed by atoms with Gasteiger partial charge in [-0.05, 0) is 35.4 Å². The van der Waals surface area contributed by atoms with Crippen LogP contribution in [0.5, 0.6) is 5.75 Å². The lowest BCUT2D eigenvalue weighted by Crippen LogP contribution is -2.05. The van der Waals surface area contributed by atoms with E-state index in [9.17, 15) is 4.79 Å². The second-order valence-electron chi connectivity index (χ2n) is 6.16. The van der Waals surface area contributed by atoms with E-state index in [0.717, 1.165) is 39.3 Å². The van der Waals surface area contributed by atoms with Crippen LogP contribution in [0.2, 0.25) is 0 Å². The molecular weight excluding hydrogens is 340 g/mol. The summed E-state index contributed by atoms with van der Waals surface area (Å²) < 4.78 is 6.97. The van der Waals surface area contributed by atoms with Crippen molar-refractivity contribution in [3.63, 3.8) is 0 Å². The molecule has 4 aromatic rings. The average molecular weight is 358 g/mol. The molecule has 0 aliphatic carbocycles. The molecule has 0 spiro atoms. The molecular formula is C21H18N4O2. The van der Waals surface area contributed by atoms with Gasteiger partial charge in [0.2, 0.25) is 5.91 Å². The molecule has 0 radical (unpaired) electrons. The van der Waals surface area contributed by atoms with Gasteiger partial charge in [0.05, 0.1) is 13.3 Å². The summed E-state index contributed by atoms with van der Waals surface area (Å²) in [5.74, 6) is 0.711. The van der Waals surface area contributed by atoms with Crippen molar-refractivity contribution in [3.8, 4) is 28.0 Å². The van der Waals surface area contributed by atoms with E-state index in [1.165, 1.54) is 6.92 Å². The van der Waals surface area contributed by atoms with E-state index in [4.69, 9.17) is 4.74 Å². The van der Waals surface area contributed by atoms with Crippen molar-refractivity contribution in [2.75, 3.05) is 12.4 Å². The molecule has 2 aromatic heterocycles. The summed E-state index contributed by atoms with van der Waals surface area (Å²) in [6.07, 6.45) is 5.57. The number of benzene rings is 2. The first-order chi connectivity index (χ1) is 13.1. The standard InChI is InChI=1S/C21H18N4O2/c1-14(26)24-18-5-3-4-16(10-18)20-12-23-25-13-17(11-22-21(20)25)15-6-8-19(27-2)9-7-15/h3-13H,1-2H3,(H,24,26). The van der Waals surface area contributed by atoms with E-state index in [1.54, 1.807) is 17.8 Å². The zero-order valence-corrected chi connectivity index (χ0v) is 15.0. The summed E-state index contributed by atoms with van der Waals surface area (Å²) in [5.41, 5.74) is 5.35. The minimum absolute atomic E-state index is 0.103. The van der Waals surface area contributed by atoms with Gasteiger partial charge in [-0.2, -0.15) is 5.10 Å². The molecule has 0 aliphatic rings. The lowest BCUT2D eigenvalue weighted by molar-refractivity contribution is -0.114. The Kier molecular flexibility index (Phi) is 4.30. The molecule has 6 nitrogen and oxygen atoms in total. The third kappa shape index (κ3) is 3.37. The Labute approximate surface area is 156 Å². The van der Waals surface area contributed by atoms with E-state index < -0.39 is 0 Å². The second-order valence-corrected chi connectivity index (χ2v) is 6.16. The molecule has 134 valence electrons. The summed E-state index contributed by atoms with van der Waals surface area (Å²) in [6.45, 7) is 1.49. The third-order valence-electron chi connectivity index (χ3n) is 4.27. The summed E-state index contributed by atoms with van der Waals surface area (Å²) in [5, 5.41) is 7.25. The molecule has 27 heavy (non-hydrogen) atoms. The van der Waals surface area contributed by atoms with Crippen LogP contribution in [0.1, 0.15) is 6.92 Å². The molecule has 4 rings (SSSR count). The largest absolute Gasteiger partial charge is 0.497 e. The highest BCUT2D eigenvalue weighted by molar-refractivity contribution is 5.90. The Morgan fingerprint density at radius 3 is 2.59 bits per heavy atom. The van der Waals surface area contributed by atoms with Crippen molar-refractivity contribution in [1.29, 1.82) is 0 Å². The predicted molar refractivity (Wildman–Crippen MR) is 105 cm³/mol. The smallest absolute Gasteiger partial charge is 0.221 e. The summed E-state index contributed by atoms with van der Waals surface area (Å²) >= 11 is 0. The van der Waals surface area contributed by atoms with E-state index in [-0.39, 0.29) is 5.91 Å². The van der Waals surface area contributed by atoms with Gasteiger partial charge < -0.3 is 10.1 Å². The highest BCUT2D eigenvalue weighted by atomic mass is 16.5. The van der Waals surface area contributed by atoms with Crippen LogP contribution in [0.25, 0.3) is 27.9 Å². The molecule has 0 saturated heterocycles. The number of fused-ring (bicyclic) bond motifs is 1. The SMILES string of the molecule is COc1ccc(-c2cnc3c(-c4cccc(NC(C)=O)c4)cnn3c2)cc1. The normalized spacial score (nSPS) is 10.7. The van der Waals surface area contributed by atoms with Crippen LogP contribution in [0.3, 0.4) is 0 Å². The fraction of sp³-hybridized carbons (Fsp3) is 0.0952. The van der Waals surface area contributed by atoms with Gasteiger partial charge in [0, 0.05) is 36.1 Å². The van der Waals surface area contributed by atoms with E-state index in [1.807, 2.05) is 60.9 Å². The van der Waals surface area contributed by atoms with Crippen LogP contribution in [0, 0.1) is 0 Å². The number of hydrogen-bond donors (Lipinski definition) is 1. The van der Waals surface area contributed by atoms with E-state index in [2.05, 4.69) is 15.4 Å². The van der Waals surface area contributed by atoms with Crippen LogP contribution in [-0.4, -0.2) is 27.6 Å². The highest BCUT2D eigenvalue weighted by Crippen LogP contribution is 2.28. The number of hydrogen-bond acceptors (Lipinski definition) is 4. The van der Waals surface area contributed by atoms with Crippen molar-refractivity contribution in [3.05, 3.63) is 67.1 Å². The first kappa shape index (κ1) is 16.8. The molecule has 0 saturated carbocycles. The Morgan fingerprint density at radius 2 is 1.85 bits per heavy atom. The summed E-state index contributed by atoms with van der Waals surface area (Å²) in [4.78, 5) is 15.9. The lowest BCUT2D eigenvalue weighted by Gasteiger charge is -2.06. The van der Waals surface area contributed by atoms with Gasteiger partial charge in [0.25, 0.3) is 0 Å². The van der Waals surface area contributed by atoms with Crippen molar-refractivity contribution < 1.29 is 9.53 Å². The molecule has 1 N–H and O–H groups in total. The molecule has 0 atom stereocenters. The third-order valence-corrected chi connectivity index (χ3v) is 4.27. The fourth-order valence-corrected chi connectivity index (χ4v) is 2.98. The molecule has 0 fully saturated rings. The van der Waals surface area contributed by atoms with Crippen LogP contribution in [-0.2, 0) is 4.79 Å². The number of nitrogens with one attached hydrogen (secondary N) is 1. The molecule has 6 heteroatoms. The molecule has 0 unspecified atom stereocenters. The molecule has 2 heterocycles. The molecule has 0 bridgehead atoms. The fourth-order valence-electron chi connectivity index (χ4n) is 2.98. The quantitative estimate of drug-likeness (QED) is 0.598. The Morgan fingerprint density at radius 1 is 1.04 bits per heavy atom. The number of methoxy groups -OCH3 is 1. The monoisotopic (exact) mass is 358 g/mol. The van der Waals surface area contributed by atoms with Crippen LogP contribution >= 0.6 is 0 Å². The number of nitrogens with zero attached hydrogens (tertiary/aromatic N) is 3. The van der Waals surface area contributed by atoms with Gasteiger partial charge in [0.15, 0.2) is 5.65 Å². The van der Waals surface area contributed by atoms with Crippen molar-refractivity contribution in [2.24, 2.45) is 0 Å².